The minimum atomic E-state index is -2.87. The van der Waals surface area contributed by atoms with Gasteiger partial charge in [0.2, 0.25) is 0 Å². The Morgan fingerprint density at radius 1 is 1.21 bits per heavy atom. The summed E-state index contributed by atoms with van der Waals surface area (Å²) in [6.07, 6.45) is 4.19. The third-order valence-corrected chi connectivity index (χ3v) is 2.96. The van der Waals surface area contributed by atoms with Gasteiger partial charge in [-0.1, -0.05) is 12.8 Å². The van der Waals surface area contributed by atoms with Crippen LogP contribution in [0.4, 0.5) is 8.78 Å². The van der Waals surface area contributed by atoms with E-state index < -0.39 is 12.5 Å². The molecule has 1 aliphatic rings. The summed E-state index contributed by atoms with van der Waals surface area (Å²) >= 11 is 0. The molecule has 1 amide bonds. The van der Waals surface area contributed by atoms with Crippen molar-refractivity contribution in [2.24, 2.45) is 0 Å². The lowest BCUT2D eigenvalue weighted by Gasteiger charge is -2.11. The predicted octanol–water partition coefficient (Wildman–Crippen LogP) is 2.89. The molecule has 0 aliphatic heterocycles. The molecule has 0 atom stereocenters. The second-order valence-electron chi connectivity index (χ2n) is 4.36. The molecule has 0 aromatic heterocycles. The third-order valence-electron chi connectivity index (χ3n) is 2.96. The van der Waals surface area contributed by atoms with Crippen molar-refractivity contribution in [1.82, 2.24) is 5.48 Å². The Balaban J connectivity index is 1.84. The fourth-order valence-electron chi connectivity index (χ4n) is 1.99. The van der Waals surface area contributed by atoms with Crippen LogP contribution >= 0.6 is 0 Å². The molecule has 1 aromatic carbocycles. The number of carbonyl (C=O) groups is 1. The van der Waals surface area contributed by atoms with Crippen LogP contribution in [0.3, 0.4) is 0 Å². The van der Waals surface area contributed by atoms with E-state index in [0.29, 0.717) is 5.56 Å². The molecule has 0 heterocycles. The Morgan fingerprint density at radius 2 is 1.84 bits per heavy atom. The lowest BCUT2D eigenvalue weighted by atomic mass is 10.2. The summed E-state index contributed by atoms with van der Waals surface area (Å²) in [5.41, 5.74) is 2.71. The number of rotatable bonds is 5. The Kier molecular flexibility index (Phi) is 4.68. The first-order valence-electron chi connectivity index (χ1n) is 6.16. The minimum absolute atomic E-state index is 0.0169. The maximum atomic E-state index is 12.0. The molecule has 1 aliphatic carbocycles. The van der Waals surface area contributed by atoms with Crippen molar-refractivity contribution >= 4 is 5.91 Å². The molecule has 1 saturated carbocycles. The molecule has 0 saturated heterocycles. The molecule has 2 rings (SSSR count). The molecule has 1 fully saturated rings. The number of benzene rings is 1. The Bertz CT molecular complexity index is 416. The number of nitrogens with one attached hydrogen (secondary N) is 1. The quantitative estimate of drug-likeness (QED) is 0.838. The summed E-state index contributed by atoms with van der Waals surface area (Å²) < 4.78 is 28.1. The number of hydroxylamine groups is 1. The molecule has 0 bridgehead atoms. The van der Waals surface area contributed by atoms with Gasteiger partial charge in [-0.05, 0) is 37.1 Å². The Hall–Kier alpha value is -1.69. The fraction of sp³-hybridized carbons (Fsp3) is 0.462. The van der Waals surface area contributed by atoms with Crippen LogP contribution in [-0.4, -0.2) is 18.6 Å². The molecule has 4 nitrogen and oxygen atoms in total. The van der Waals surface area contributed by atoms with E-state index in [4.69, 9.17) is 4.84 Å². The van der Waals surface area contributed by atoms with Crippen LogP contribution in [0.1, 0.15) is 36.0 Å². The standard InChI is InChI=1S/C13H15F2NO3/c14-13(15)18-10-7-5-9(6-8-10)12(17)16-19-11-3-1-2-4-11/h5-8,11,13H,1-4H2,(H,16,17). The predicted molar refractivity (Wildman–Crippen MR) is 63.9 cm³/mol. The van der Waals surface area contributed by atoms with E-state index in [1.807, 2.05) is 0 Å². The van der Waals surface area contributed by atoms with Crippen LogP contribution < -0.4 is 10.2 Å². The van der Waals surface area contributed by atoms with Crippen molar-refractivity contribution in [1.29, 1.82) is 0 Å². The normalized spacial score (nSPS) is 15.7. The largest absolute Gasteiger partial charge is 0.435 e. The summed E-state index contributed by atoms with van der Waals surface area (Å²) in [7, 11) is 0. The smallest absolute Gasteiger partial charge is 0.387 e. The fourth-order valence-corrected chi connectivity index (χ4v) is 1.99. The van der Waals surface area contributed by atoms with Gasteiger partial charge >= 0.3 is 6.61 Å². The van der Waals surface area contributed by atoms with E-state index >= 15 is 0 Å². The zero-order chi connectivity index (χ0) is 13.7. The van der Waals surface area contributed by atoms with Crippen LogP contribution in [0.5, 0.6) is 5.75 Å². The third kappa shape index (κ3) is 4.17. The van der Waals surface area contributed by atoms with Gasteiger partial charge in [0.1, 0.15) is 5.75 Å². The summed E-state index contributed by atoms with van der Waals surface area (Å²) in [5.74, 6) is -0.376. The number of halogens is 2. The zero-order valence-corrected chi connectivity index (χ0v) is 10.3. The highest BCUT2D eigenvalue weighted by atomic mass is 19.3. The number of hydrogen-bond acceptors (Lipinski definition) is 3. The maximum Gasteiger partial charge on any atom is 0.387 e. The average molecular weight is 271 g/mol. The molecular weight excluding hydrogens is 256 g/mol. The van der Waals surface area contributed by atoms with Crippen LogP contribution in [0.2, 0.25) is 0 Å². The molecule has 0 radical (unpaired) electrons. The van der Waals surface area contributed by atoms with E-state index in [0.717, 1.165) is 25.7 Å². The SMILES string of the molecule is O=C(NOC1CCCC1)c1ccc(OC(F)F)cc1. The van der Waals surface area contributed by atoms with Crippen molar-refractivity contribution < 1.29 is 23.1 Å². The highest BCUT2D eigenvalue weighted by Crippen LogP contribution is 2.20. The monoisotopic (exact) mass is 271 g/mol. The van der Waals surface area contributed by atoms with E-state index in [2.05, 4.69) is 10.2 Å². The number of hydrogen-bond donors (Lipinski definition) is 1. The van der Waals surface area contributed by atoms with Crippen LogP contribution in [0, 0.1) is 0 Å². The highest BCUT2D eigenvalue weighted by Gasteiger charge is 2.17. The van der Waals surface area contributed by atoms with Gasteiger partial charge in [0, 0.05) is 5.56 Å². The van der Waals surface area contributed by atoms with Crippen molar-refractivity contribution in [3.63, 3.8) is 0 Å². The lowest BCUT2D eigenvalue weighted by Crippen LogP contribution is -2.28. The summed E-state index contributed by atoms with van der Waals surface area (Å²) in [4.78, 5) is 17.0. The average Bonchev–Trinajstić information content (AvgIpc) is 2.89. The topological polar surface area (TPSA) is 47.6 Å². The van der Waals surface area contributed by atoms with Crippen molar-refractivity contribution in [3.05, 3.63) is 29.8 Å². The molecule has 19 heavy (non-hydrogen) atoms. The molecule has 1 N–H and O–H groups in total. The van der Waals surface area contributed by atoms with Crippen LogP contribution in [0.25, 0.3) is 0 Å². The Morgan fingerprint density at radius 3 is 2.42 bits per heavy atom. The molecule has 104 valence electrons. The molecular formula is C13H15F2NO3. The first kappa shape index (κ1) is 13.7. The molecule has 6 heteroatoms. The first-order chi connectivity index (χ1) is 9.15. The first-order valence-corrected chi connectivity index (χ1v) is 6.16. The van der Waals surface area contributed by atoms with Gasteiger partial charge in [0.05, 0.1) is 6.10 Å². The number of amides is 1. The lowest BCUT2D eigenvalue weighted by molar-refractivity contribution is -0.0498. The summed E-state index contributed by atoms with van der Waals surface area (Å²) in [5, 5.41) is 0. The van der Waals surface area contributed by atoms with E-state index in [1.54, 1.807) is 0 Å². The van der Waals surface area contributed by atoms with Gasteiger partial charge < -0.3 is 4.74 Å². The van der Waals surface area contributed by atoms with Crippen molar-refractivity contribution in [2.75, 3.05) is 0 Å². The number of carbonyl (C=O) groups excluding carboxylic acids is 1. The van der Waals surface area contributed by atoms with Gasteiger partial charge in [-0.15, -0.1) is 0 Å². The highest BCUT2D eigenvalue weighted by molar-refractivity contribution is 5.93. The van der Waals surface area contributed by atoms with E-state index in [1.165, 1.54) is 24.3 Å². The van der Waals surface area contributed by atoms with Gasteiger partial charge in [0.25, 0.3) is 5.91 Å². The van der Waals surface area contributed by atoms with Crippen LogP contribution in [-0.2, 0) is 4.84 Å². The molecule has 1 aromatic rings. The van der Waals surface area contributed by atoms with Gasteiger partial charge in [-0.2, -0.15) is 8.78 Å². The second-order valence-corrected chi connectivity index (χ2v) is 4.36. The summed E-state index contributed by atoms with van der Waals surface area (Å²) in [6, 6.07) is 5.45. The minimum Gasteiger partial charge on any atom is -0.435 e. The van der Waals surface area contributed by atoms with Crippen LogP contribution in [0.15, 0.2) is 24.3 Å². The second kappa shape index (κ2) is 6.47. The number of ether oxygens (including phenoxy) is 1. The summed E-state index contributed by atoms with van der Waals surface area (Å²) in [6.45, 7) is -2.87. The van der Waals surface area contributed by atoms with Gasteiger partial charge in [-0.3, -0.25) is 9.63 Å². The molecule has 0 spiro atoms. The molecule has 0 unspecified atom stereocenters. The van der Waals surface area contributed by atoms with Gasteiger partial charge in [-0.25, -0.2) is 5.48 Å². The zero-order valence-electron chi connectivity index (χ0n) is 10.3. The Labute approximate surface area is 109 Å². The van der Waals surface area contributed by atoms with E-state index in [-0.39, 0.29) is 11.9 Å². The van der Waals surface area contributed by atoms with E-state index in [9.17, 15) is 13.6 Å². The maximum absolute atomic E-state index is 12.0. The van der Waals surface area contributed by atoms with Crippen molar-refractivity contribution in [2.45, 2.75) is 38.4 Å². The number of alkyl halides is 2. The van der Waals surface area contributed by atoms with Crippen molar-refractivity contribution in [3.8, 4) is 5.75 Å². The van der Waals surface area contributed by atoms with Gasteiger partial charge in [0.15, 0.2) is 0 Å².